The monoisotopic (exact) mass is 292 g/mol. The molecule has 2 aromatic rings. The van der Waals surface area contributed by atoms with Crippen molar-refractivity contribution in [2.45, 2.75) is 31.7 Å². The van der Waals surface area contributed by atoms with Crippen LogP contribution in [0.3, 0.4) is 0 Å². The van der Waals surface area contributed by atoms with Gasteiger partial charge in [0.1, 0.15) is 10.6 Å². The van der Waals surface area contributed by atoms with Crippen LogP contribution < -0.4 is 10.6 Å². The number of hydrogen-bond acceptors (Lipinski definition) is 6. The third-order valence-corrected chi connectivity index (χ3v) is 4.82. The van der Waals surface area contributed by atoms with E-state index in [2.05, 4.69) is 26.7 Å². The number of rotatable bonds is 4. The lowest BCUT2D eigenvalue weighted by Gasteiger charge is -2.31. The average molecular weight is 292 g/mol. The number of hydrogen-bond donors (Lipinski definition) is 3. The van der Waals surface area contributed by atoms with Crippen molar-refractivity contribution < 1.29 is 5.11 Å². The highest BCUT2D eigenvalue weighted by Crippen LogP contribution is 2.31. The van der Waals surface area contributed by atoms with Gasteiger partial charge in [0.15, 0.2) is 0 Å². The smallest absolute Gasteiger partial charge is 0.225 e. The molecule has 2 heterocycles. The first-order chi connectivity index (χ1) is 9.81. The van der Waals surface area contributed by atoms with Gasteiger partial charge >= 0.3 is 0 Å². The number of nitrogens with one attached hydrogen (secondary N) is 2. The van der Waals surface area contributed by atoms with Crippen molar-refractivity contribution in [1.29, 1.82) is 0 Å². The third kappa shape index (κ3) is 2.58. The Morgan fingerprint density at radius 1 is 1.35 bits per heavy atom. The lowest BCUT2D eigenvalue weighted by Crippen LogP contribution is -2.34. The average Bonchev–Trinajstić information content (AvgIpc) is 2.96. The van der Waals surface area contributed by atoms with E-state index in [-0.39, 0.29) is 6.61 Å². The highest BCUT2D eigenvalue weighted by atomic mass is 32.1. The van der Waals surface area contributed by atoms with Gasteiger partial charge in [-0.05, 0) is 24.3 Å². The molecule has 1 aliphatic carbocycles. The number of aromatic nitrogens is 2. The van der Waals surface area contributed by atoms with E-state index in [4.69, 9.17) is 0 Å². The van der Waals surface area contributed by atoms with Gasteiger partial charge in [0.05, 0.1) is 5.39 Å². The number of aliphatic hydroxyl groups is 1. The Hall–Kier alpha value is -1.40. The highest BCUT2D eigenvalue weighted by Gasteiger charge is 2.25. The van der Waals surface area contributed by atoms with Crippen molar-refractivity contribution in [3.63, 3.8) is 0 Å². The zero-order valence-corrected chi connectivity index (χ0v) is 12.4. The molecular formula is C14H20N4OS. The lowest BCUT2D eigenvalue weighted by atomic mass is 9.85. The van der Waals surface area contributed by atoms with Crippen LogP contribution in [0.5, 0.6) is 0 Å². The molecule has 0 spiro atoms. The van der Waals surface area contributed by atoms with Crippen molar-refractivity contribution in [1.82, 2.24) is 9.97 Å². The Morgan fingerprint density at radius 3 is 3.00 bits per heavy atom. The highest BCUT2D eigenvalue weighted by molar-refractivity contribution is 7.16. The number of fused-ring (bicyclic) bond motifs is 1. The Morgan fingerprint density at radius 2 is 2.20 bits per heavy atom. The van der Waals surface area contributed by atoms with E-state index in [0.29, 0.717) is 17.9 Å². The molecule has 0 bridgehead atoms. The molecule has 20 heavy (non-hydrogen) atoms. The molecule has 1 aliphatic rings. The summed E-state index contributed by atoms with van der Waals surface area (Å²) in [5.74, 6) is 1.84. The van der Waals surface area contributed by atoms with Crippen LogP contribution in [0.4, 0.5) is 11.8 Å². The van der Waals surface area contributed by atoms with E-state index in [1.807, 2.05) is 12.4 Å². The fraction of sp³-hybridized carbons (Fsp3) is 0.571. The molecule has 2 aromatic heterocycles. The standard InChI is InChI=1S/C14H20N4OS/c1-15-14-17-12(10-6-7-20-13(10)18-14)16-11-5-3-2-4-9(11)8-19/h6-7,9,11,19H,2-5,8H2,1H3,(H2,15,16,17,18). The normalized spacial score (nSPS) is 22.9. The molecular weight excluding hydrogens is 272 g/mol. The van der Waals surface area contributed by atoms with Crippen LogP contribution in [-0.4, -0.2) is 34.8 Å². The first-order valence-corrected chi connectivity index (χ1v) is 8.00. The minimum atomic E-state index is 0.244. The molecule has 1 saturated carbocycles. The Kier molecular flexibility index (Phi) is 4.03. The molecule has 0 aliphatic heterocycles. The molecule has 2 unspecified atom stereocenters. The van der Waals surface area contributed by atoms with Crippen LogP contribution in [0, 0.1) is 5.92 Å². The minimum absolute atomic E-state index is 0.244. The van der Waals surface area contributed by atoms with Gasteiger partial charge in [-0.3, -0.25) is 0 Å². The van der Waals surface area contributed by atoms with Crippen LogP contribution in [-0.2, 0) is 0 Å². The summed E-state index contributed by atoms with van der Waals surface area (Å²) >= 11 is 1.62. The first-order valence-electron chi connectivity index (χ1n) is 7.12. The van der Waals surface area contributed by atoms with E-state index < -0.39 is 0 Å². The molecule has 0 saturated heterocycles. The molecule has 5 nitrogen and oxygen atoms in total. The maximum absolute atomic E-state index is 9.53. The summed E-state index contributed by atoms with van der Waals surface area (Å²) in [5, 5.41) is 19.2. The maximum atomic E-state index is 9.53. The third-order valence-electron chi connectivity index (χ3n) is 4.01. The van der Waals surface area contributed by atoms with Gasteiger partial charge in [0.2, 0.25) is 5.95 Å². The number of thiophene rings is 1. The van der Waals surface area contributed by atoms with Gasteiger partial charge in [0.25, 0.3) is 0 Å². The predicted molar refractivity (Wildman–Crippen MR) is 83.4 cm³/mol. The molecule has 3 N–H and O–H groups in total. The van der Waals surface area contributed by atoms with Crippen molar-refractivity contribution in [3.05, 3.63) is 11.4 Å². The second-order valence-corrected chi connectivity index (χ2v) is 6.16. The van der Waals surface area contributed by atoms with E-state index in [0.717, 1.165) is 28.9 Å². The second kappa shape index (κ2) is 5.93. The Bertz CT molecular complexity index is 586. The van der Waals surface area contributed by atoms with Gasteiger partial charge < -0.3 is 15.7 Å². The van der Waals surface area contributed by atoms with Crippen LogP contribution in [0.1, 0.15) is 25.7 Å². The van der Waals surface area contributed by atoms with Gasteiger partial charge in [-0.25, -0.2) is 4.98 Å². The molecule has 6 heteroatoms. The lowest BCUT2D eigenvalue weighted by molar-refractivity contribution is 0.178. The molecule has 0 aromatic carbocycles. The van der Waals surface area contributed by atoms with Crippen molar-refractivity contribution in [2.24, 2.45) is 5.92 Å². The van der Waals surface area contributed by atoms with Gasteiger partial charge in [-0.1, -0.05) is 12.8 Å². The molecule has 2 atom stereocenters. The zero-order valence-electron chi connectivity index (χ0n) is 11.6. The number of aliphatic hydroxyl groups excluding tert-OH is 1. The van der Waals surface area contributed by atoms with Gasteiger partial charge in [0, 0.05) is 25.6 Å². The van der Waals surface area contributed by atoms with Crippen molar-refractivity contribution in [3.8, 4) is 0 Å². The molecule has 3 rings (SSSR count). The Labute approximate surface area is 122 Å². The van der Waals surface area contributed by atoms with Gasteiger partial charge in [-0.15, -0.1) is 11.3 Å². The van der Waals surface area contributed by atoms with Crippen LogP contribution in [0.25, 0.3) is 10.2 Å². The predicted octanol–water partition coefficient (Wildman–Crippen LogP) is 2.70. The number of nitrogens with zero attached hydrogens (tertiary/aromatic N) is 2. The summed E-state index contributed by atoms with van der Waals surface area (Å²) in [6, 6.07) is 2.36. The molecule has 108 valence electrons. The first kappa shape index (κ1) is 13.6. The van der Waals surface area contributed by atoms with Crippen LogP contribution >= 0.6 is 11.3 Å². The topological polar surface area (TPSA) is 70.1 Å². The van der Waals surface area contributed by atoms with E-state index in [1.54, 1.807) is 11.3 Å². The fourth-order valence-corrected chi connectivity index (χ4v) is 3.63. The van der Waals surface area contributed by atoms with Gasteiger partial charge in [-0.2, -0.15) is 4.98 Å². The quantitative estimate of drug-likeness (QED) is 0.808. The van der Waals surface area contributed by atoms with E-state index >= 15 is 0 Å². The summed E-state index contributed by atoms with van der Waals surface area (Å²) in [5.41, 5.74) is 0. The molecule has 1 fully saturated rings. The van der Waals surface area contributed by atoms with Crippen LogP contribution in [0.2, 0.25) is 0 Å². The molecule has 0 radical (unpaired) electrons. The van der Waals surface area contributed by atoms with Crippen molar-refractivity contribution in [2.75, 3.05) is 24.3 Å². The number of anilines is 2. The summed E-state index contributed by atoms with van der Waals surface area (Å²) in [7, 11) is 1.83. The largest absolute Gasteiger partial charge is 0.396 e. The summed E-state index contributed by atoms with van der Waals surface area (Å²) in [6.45, 7) is 0.244. The summed E-state index contributed by atoms with van der Waals surface area (Å²) < 4.78 is 0. The Balaban J connectivity index is 1.90. The second-order valence-electron chi connectivity index (χ2n) is 5.26. The summed E-state index contributed by atoms with van der Waals surface area (Å²) in [6.07, 6.45) is 4.61. The molecule has 0 amide bonds. The maximum Gasteiger partial charge on any atom is 0.225 e. The zero-order chi connectivity index (χ0) is 13.9. The fourth-order valence-electron chi connectivity index (χ4n) is 2.87. The van der Waals surface area contributed by atoms with E-state index in [1.165, 1.54) is 12.8 Å². The van der Waals surface area contributed by atoms with E-state index in [9.17, 15) is 5.11 Å². The van der Waals surface area contributed by atoms with Crippen molar-refractivity contribution >= 4 is 33.3 Å². The minimum Gasteiger partial charge on any atom is -0.396 e. The SMILES string of the molecule is CNc1nc(NC2CCCCC2CO)c2ccsc2n1. The van der Waals surface area contributed by atoms with Crippen LogP contribution in [0.15, 0.2) is 11.4 Å². The summed E-state index contributed by atoms with van der Waals surface area (Å²) in [4.78, 5) is 9.99.